The van der Waals surface area contributed by atoms with E-state index in [1.807, 2.05) is 15.9 Å². The molecule has 7 nitrogen and oxygen atoms in total. The second-order valence-electron chi connectivity index (χ2n) is 7.18. The minimum Gasteiger partial charge on any atom is -0.354 e. The summed E-state index contributed by atoms with van der Waals surface area (Å²) in [5.74, 6) is 0.852. The summed E-state index contributed by atoms with van der Waals surface area (Å²) in [6.45, 7) is 4.79. The lowest BCUT2D eigenvalue weighted by Gasteiger charge is -2.32. The van der Waals surface area contributed by atoms with Gasteiger partial charge >= 0.3 is 0 Å². The van der Waals surface area contributed by atoms with E-state index in [-0.39, 0.29) is 24.4 Å². The summed E-state index contributed by atoms with van der Waals surface area (Å²) in [5.41, 5.74) is 2.57. The topological polar surface area (TPSA) is 77.0 Å². The van der Waals surface area contributed by atoms with E-state index in [9.17, 15) is 9.59 Å². The monoisotopic (exact) mass is 371 g/mol. The maximum absolute atomic E-state index is 12.6. The molecule has 0 bridgehead atoms. The highest BCUT2D eigenvalue weighted by Crippen LogP contribution is 2.18. The predicted octanol–water partition coefficient (Wildman–Crippen LogP) is 0.747. The van der Waals surface area contributed by atoms with Gasteiger partial charge in [-0.2, -0.15) is 0 Å². The normalized spacial score (nSPS) is 18.1. The molecule has 1 aromatic rings. The molecule has 0 saturated carbocycles. The molecule has 1 aromatic carbocycles. The van der Waals surface area contributed by atoms with E-state index in [1.165, 1.54) is 11.1 Å². The van der Waals surface area contributed by atoms with Crippen LogP contribution >= 0.6 is 0 Å². The Bertz CT molecular complexity index is 710. The van der Waals surface area contributed by atoms with Gasteiger partial charge in [0.2, 0.25) is 11.8 Å². The van der Waals surface area contributed by atoms with Crippen molar-refractivity contribution >= 4 is 17.8 Å². The van der Waals surface area contributed by atoms with E-state index in [0.717, 1.165) is 38.9 Å². The van der Waals surface area contributed by atoms with Crippen LogP contribution in [0, 0.1) is 0 Å². The highest BCUT2D eigenvalue weighted by atomic mass is 16.2. The molecule has 7 heteroatoms. The fraction of sp³-hybridized carbons (Fsp3) is 0.550. The van der Waals surface area contributed by atoms with Gasteiger partial charge in [-0.3, -0.25) is 14.6 Å². The maximum Gasteiger partial charge on any atom is 0.242 e. The van der Waals surface area contributed by atoms with Crippen LogP contribution in [0.25, 0.3) is 0 Å². The first-order valence-electron chi connectivity index (χ1n) is 9.64. The molecule has 3 rings (SSSR count). The van der Waals surface area contributed by atoms with Crippen molar-refractivity contribution in [2.75, 3.05) is 33.2 Å². The number of nitrogens with one attached hydrogen (secondary N) is 2. The molecule has 0 atom stereocenters. The second-order valence-corrected chi connectivity index (χ2v) is 7.18. The lowest BCUT2D eigenvalue weighted by Crippen LogP contribution is -2.51. The standard InChI is InChI=1S/C20H29N5O2/c1-15(26)24-11-8-18(9-12-24)23-20(21-2)22-13-19(27)25-10-7-16-5-3-4-6-17(16)14-25/h3-6,18H,7-14H2,1-2H3,(H2,21,22,23). The van der Waals surface area contributed by atoms with Crippen LogP contribution in [-0.4, -0.2) is 66.8 Å². The molecule has 146 valence electrons. The number of hydrogen-bond donors (Lipinski definition) is 2. The number of guanidine groups is 1. The number of rotatable bonds is 3. The van der Waals surface area contributed by atoms with E-state index >= 15 is 0 Å². The molecule has 1 fully saturated rings. The Hall–Kier alpha value is -2.57. The van der Waals surface area contributed by atoms with E-state index in [2.05, 4.69) is 33.8 Å². The van der Waals surface area contributed by atoms with Crippen LogP contribution in [-0.2, 0) is 22.6 Å². The van der Waals surface area contributed by atoms with Crippen LogP contribution in [0.1, 0.15) is 30.9 Å². The minimum absolute atomic E-state index is 0.0823. The van der Waals surface area contributed by atoms with Gasteiger partial charge in [0.25, 0.3) is 0 Å². The molecule has 0 aromatic heterocycles. The average molecular weight is 371 g/mol. The quantitative estimate of drug-likeness (QED) is 0.607. The number of carbonyl (C=O) groups is 2. The number of piperidine rings is 1. The average Bonchev–Trinajstić information content (AvgIpc) is 2.70. The van der Waals surface area contributed by atoms with Gasteiger partial charge in [-0.15, -0.1) is 0 Å². The largest absolute Gasteiger partial charge is 0.354 e. The molecular weight excluding hydrogens is 342 g/mol. The highest BCUT2D eigenvalue weighted by Gasteiger charge is 2.23. The number of carbonyl (C=O) groups excluding carboxylic acids is 2. The van der Waals surface area contributed by atoms with Crippen molar-refractivity contribution in [3.63, 3.8) is 0 Å². The van der Waals surface area contributed by atoms with E-state index in [4.69, 9.17) is 0 Å². The fourth-order valence-corrected chi connectivity index (χ4v) is 3.71. The molecule has 0 radical (unpaired) electrons. The molecular formula is C20H29N5O2. The van der Waals surface area contributed by atoms with Crippen molar-refractivity contribution in [3.8, 4) is 0 Å². The summed E-state index contributed by atoms with van der Waals surface area (Å²) < 4.78 is 0. The van der Waals surface area contributed by atoms with Crippen LogP contribution in [0.3, 0.4) is 0 Å². The van der Waals surface area contributed by atoms with Crippen molar-refractivity contribution in [2.45, 2.75) is 38.8 Å². The van der Waals surface area contributed by atoms with Crippen LogP contribution in [0.15, 0.2) is 29.3 Å². The molecule has 2 N–H and O–H groups in total. The van der Waals surface area contributed by atoms with E-state index in [1.54, 1.807) is 14.0 Å². The van der Waals surface area contributed by atoms with Crippen molar-refractivity contribution in [2.24, 2.45) is 4.99 Å². The Labute approximate surface area is 160 Å². The Morgan fingerprint density at radius 1 is 1.11 bits per heavy atom. The fourth-order valence-electron chi connectivity index (χ4n) is 3.71. The molecule has 2 aliphatic rings. The van der Waals surface area contributed by atoms with Gasteiger partial charge < -0.3 is 20.4 Å². The summed E-state index contributed by atoms with van der Waals surface area (Å²) in [5, 5.41) is 6.51. The number of fused-ring (bicyclic) bond motifs is 1. The van der Waals surface area contributed by atoms with Crippen LogP contribution in [0.2, 0.25) is 0 Å². The Morgan fingerprint density at radius 3 is 2.48 bits per heavy atom. The van der Waals surface area contributed by atoms with Gasteiger partial charge in [0.1, 0.15) is 0 Å². The number of hydrogen-bond acceptors (Lipinski definition) is 3. The van der Waals surface area contributed by atoms with Crippen molar-refractivity contribution in [1.82, 2.24) is 20.4 Å². The van der Waals surface area contributed by atoms with E-state index < -0.39 is 0 Å². The summed E-state index contributed by atoms with van der Waals surface area (Å²) in [7, 11) is 1.71. The summed E-state index contributed by atoms with van der Waals surface area (Å²) >= 11 is 0. The third-order valence-corrected chi connectivity index (χ3v) is 5.40. The van der Waals surface area contributed by atoms with Gasteiger partial charge in [-0.1, -0.05) is 24.3 Å². The number of aliphatic imine (C=N–C) groups is 1. The lowest BCUT2D eigenvalue weighted by molar-refractivity contribution is -0.131. The van der Waals surface area contributed by atoms with Crippen molar-refractivity contribution in [3.05, 3.63) is 35.4 Å². The van der Waals surface area contributed by atoms with Crippen LogP contribution in [0.5, 0.6) is 0 Å². The maximum atomic E-state index is 12.6. The number of benzene rings is 1. The minimum atomic E-state index is 0.0823. The van der Waals surface area contributed by atoms with Gasteiger partial charge in [0.05, 0.1) is 6.54 Å². The zero-order chi connectivity index (χ0) is 19.2. The molecule has 0 aliphatic carbocycles. The Balaban J connectivity index is 1.44. The summed E-state index contributed by atoms with van der Waals surface area (Å²) in [6, 6.07) is 8.57. The van der Waals surface area contributed by atoms with Crippen LogP contribution in [0.4, 0.5) is 0 Å². The lowest BCUT2D eigenvalue weighted by atomic mass is 10.00. The Kier molecular flexibility index (Phi) is 6.32. The Morgan fingerprint density at radius 2 is 1.81 bits per heavy atom. The van der Waals surface area contributed by atoms with Crippen molar-refractivity contribution < 1.29 is 9.59 Å². The van der Waals surface area contributed by atoms with Gasteiger partial charge in [-0.05, 0) is 30.4 Å². The first-order chi connectivity index (χ1) is 13.1. The number of likely N-dealkylation sites (tertiary alicyclic amines) is 1. The third kappa shape index (κ3) is 4.99. The molecule has 27 heavy (non-hydrogen) atoms. The predicted molar refractivity (Wildman–Crippen MR) is 105 cm³/mol. The second kappa shape index (κ2) is 8.88. The first kappa shape index (κ1) is 19.2. The van der Waals surface area contributed by atoms with Gasteiger partial charge in [-0.25, -0.2) is 0 Å². The smallest absolute Gasteiger partial charge is 0.242 e. The SMILES string of the molecule is CN=C(NCC(=O)N1CCc2ccccc2C1)NC1CCN(C(C)=O)CC1. The molecule has 0 unspecified atom stereocenters. The summed E-state index contributed by atoms with van der Waals surface area (Å²) in [4.78, 5) is 32.0. The van der Waals surface area contributed by atoms with Crippen molar-refractivity contribution in [1.29, 1.82) is 0 Å². The zero-order valence-electron chi connectivity index (χ0n) is 16.2. The third-order valence-electron chi connectivity index (χ3n) is 5.40. The first-order valence-corrected chi connectivity index (χ1v) is 9.64. The number of nitrogens with zero attached hydrogens (tertiary/aromatic N) is 3. The molecule has 2 amide bonds. The highest BCUT2D eigenvalue weighted by molar-refractivity contribution is 5.86. The summed E-state index contributed by atoms with van der Waals surface area (Å²) in [6.07, 6.45) is 2.68. The molecule has 2 aliphatic heterocycles. The molecule has 0 spiro atoms. The molecule has 2 heterocycles. The molecule has 1 saturated heterocycles. The van der Waals surface area contributed by atoms with Gasteiger partial charge in [0, 0.05) is 46.2 Å². The van der Waals surface area contributed by atoms with Gasteiger partial charge in [0.15, 0.2) is 5.96 Å². The zero-order valence-corrected chi connectivity index (χ0v) is 16.2. The van der Waals surface area contributed by atoms with E-state index in [0.29, 0.717) is 12.5 Å². The van der Waals surface area contributed by atoms with Crippen LogP contribution < -0.4 is 10.6 Å². The number of amides is 2.